The molecule has 0 atom stereocenters. The summed E-state index contributed by atoms with van der Waals surface area (Å²) < 4.78 is 10.1. The highest BCUT2D eigenvalue weighted by Gasteiger charge is 2.11. The monoisotopic (exact) mass is 303 g/mol. The molecular formula is C14H17N5OS. The van der Waals surface area contributed by atoms with Gasteiger partial charge in [-0.15, -0.1) is 0 Å². The third-order valence-electron chi connectivity index (χ3n) is 3.18. The predicted octanol–water partition coefficient (Wildman–Crippen LogP) is 2.66. The summed E-state index contributed by atoms with van der Waals surface area (Å²) in [4.78, 5) is 7.47. The highest BCUT2D eigenvalue weighted by atomic mass is 32.1. The van der Waals surface area contributed by atoms with Crippen LogP contribution in [-0.2, 0) is 13.6 Å². The third-order valence-corrected chi connectivity index (χ3v) is 3.50. The van der Waals surface area contributed by atoms with Crippen LogP contribution in [0.3, 0.4) is 0 Å². The Hall–Kier alpha value is -2.15. The molecule has 1 N–H and O–H groups in total. The lowest BCUT2D eigenvalue weighted by Gasteiger charge is -2.06. The second-order valence-corrected chi connectivity index (χ2v) is 5.24. The molecule has 0 aliphatic heterocycles. The van der Waals surface area contributed by atoms with Crippen molar-refractivity contribution in [2.75, 3.05) is 6.61 Å². The molecule has 2 heterocycles. The number of rotatable bonds is 5. The van der Waals surface area contributed by atoms with E-state index in [0.717, 1.165) is 29.0 Å². The van der Waals surface area contributed by atoms with Crippen molar-refractivity contribution in [3.8, 4) is 5.75 Å². The van der Waals surface area contributed by atoms with Crippen molar-refractivity contribution in [3.63, 3.8) is 0 Å². The zero-order valence-electron chi connectivity index (χ0n) is 12.0. The predicted molar refractivity (Wildman–Crippen MR) is 83.0 cm³/mol. The number of nitrogens with one attached hydrogen (secondary N) is 1. The number of benzene rings is 1. The number of aromatic amines is 1. The molecule has 0 spiro atoms. The molecule has 0 bridgehead atoms. The van der Waals surface area contributed by atoms with Crippen molar-refractivity contribution >= 4 is 23.3 Å². The number of hydrogen-bond acceptors (Lipinski definition) is 4. The molecule has 0 saturated heterocycles. The molecule has 3 aromatic rings. The van der Waals surface area contributed by atoms with Gasteiger partial charge in [0, 0.05) is 7.05 Å². The van der Waals surface area contributed by atoms with Gasteiger partial charge in [0.25, 0.3) is 0 Å². The lowest BCUT2D eigenvalue weighted by molar-refractivity contribution is 0.320. The summed E-state index contributed by atoms with van der Waals surface area (Å²) in [5, 5.41) is 4.30. The fourth-order valence-electron chi connectivity index (χ4n) is 2.24. The van der Waals surface area contributed by atoms with Gasteiger partial charge >= 0.3 is 0 Å². The fraction of sp³-hybridized carbons (Fsp3) is 0.357. The molecule has 0 aliphatic carbocycles. The molecular weight excluding hydrogens is 286 g/mol. The maximum atomic E-state index is 5.76. The van der Waals surface area contributed by atoms with Crippen molar-refractivity contribution in [2.45, 2.75) is 19.9 Å². The Morgan fingerprint density at radius 2 is 2.24 bits per heavy atom. The molecule has 1 aromatic carbocycles. The van der Waals surface area contributed by atoms with E-state index in [9.17, 15) is 0 Å². The fourth-order valence-corrected chi connectivity index (χ4v) is 2.51. The molecule has 3 rings (SSSR count). The maximum Gasteiger partial charge on any atom is 0.178 e. The van der Waals surface area contributed by atoms with E-state index in [1.807, 2.05) is 29.8 Å². The molecule has 0 aliphatic rings. The van der Waals surface area contributed by atoms with Gasteiger partial charge in [-0.05, 0) is 30.8 Å². The van der Waals surface area contributed by atoms with E-state index >= 15 is 0 Å². The summed E-state index contributed by atoms with van der Waals surface area (Å²) in [7, 11) is 1.85. The van der Waals surface area contributed by atoms with Crippen molar-refractivity contribution in [3.05, 3.63) is 35.1 Å². The van der Waals surface area contributed by atoms with Crippen LogP contribution < -0.4 is 4.74 Å². The standard InChI is InChI=1S/C14H17N5OS/c1-3-7-20-11-6-4-5-10-13(11)16-14(21)19(10)8-12-15-9-18(2)17-12/h4-6,9H,3,7-8H2,1-2H3,(H,16,21). The molecule has 6 nitrogen and oxygen atoms in total. The summed E-state index contributed by atoms with van der Waals surface area (Å²) in [5.74, 6) is 1.56. The van der Waals surface area contributed by atoms with E-state index in [0.29, 0.717) is 17.9 Å². The molecule has 2 aromatic heterocycles. The number of para-hydroxylation sites is 1. The number of aryl methyl sites for hydroxylation is 1. The van der Waals surface area contributed by atoms with E-state index in [4.69, 9.17) is 17.0 Å². The number of hydrogen-bond donors (Lipinski definition) is 1. The summed E-state index contributed by atoms with van der Waals surface area (Å²) in [6.07, 6.45) is 2.65. The lowest BCUT2D eigenvalue weighted by Crippen LogP contribution is -2.02. The summed E-state index contributed by atoms with van der Waals surface area (Å²) in [6, 6.07) is 5.94. The van der Waals surface area contributed by atoms with E-state index in [2.05, 4.69) is 22.0 Å². The van der Waals surface area contributed by atoms with E-state index in [1.165, 1.54) is 0 Å². The van der Waals surface area contributed by atoms with Crippen LogP contribution in [0.1, 0.15) is 19.2 Å². The largest absolute Gasteiger partial charge is 0.491 e. The molecule has 0 fully saturated rings. The average molecular weight is 303 g/mol. The van der Waals surface area contributed by atoms with Gasteiger partial charge in [0.1, 0.15) is 17.6 Å². The van der Waals surface area contributed by atoms with Crippen LogP contribution in [-0.4, -0.2) is 30.9 Å². The maximum absolute atomic E-state index is 5.76. The quantitative estimate of drug-likeness (QED) is 0.736. The van der Waals surface area contributed by atoms with E-state index < -0.39 is 0 Å². The van der Waals surface area contributed by atoms with Crippen LogP contribution in [0.15, 0.2) is 24.5 Å². The first-order valence-corrected chi connectivity index (χ1v) is 7.28. The highest BCUT2D eigenvalue weighted by molar-refractivity contribution is 7.71. The van der Waals surface area contributed by atoms with Gasteiger partial charge in [0.15, 0.2) is 10.6 Å². The molecule has 0 radical (unpaired) electrons. The van der Waals surface area contributed by atoms with Gasteiger partial charge in [-0.2, -0.15) is 5.10 Å². The minimum absolute atomic E-state index is 0.539. The Morgan fingerprint density at radius 3 is 2.95 bits per heavy atom. The van der Waals surface area contributed by atoms with Gasteiger partial charge in [-0.1, -0.05) is 13.0 Å². The van der Waals surface area contributed by atoms with Crippen LogP contribution in [0.4, 0.5) is 0 Å². The third kappa shape index (κ3) is 2.69. The van der Waals surface area contributed by atoms with Crippen molar-refractivity contribution in [1.29, 1.82) is 0 Å². The van der Waals surface area contributed by atoms with Crippen molar-refractivity contribution in [2.24, 2.45) is 7.05 Å². The Bertz CT molecular complexity index is 816. The second kappa shape index (κ2) is 5.69. The van der Waals surface area contributed by atoms with Crippen LogP contribution in [0, 0.1) is 4.77 Å². The van der Waals surface area contributed by atoms with Gasteiger partial charge < -0.3 is 14.3 Å². The van der Waals surface area contributed by atoms with Crippen molar-refractivity contribution < 1.29 is 4.74 Å². The summed E-state index contributed by atoms with van der Waals surface area (Å²) in [5.41, 5.74) is 1.92. The summed E-state index contributed by atoms with van der Waals surface area (Å²) >= 11 is 5.42. The minimum atomic E-state index is 0.539. The molecule has 0 saturated carbocycles. The van der Waals surface area contributed by atoms with Gasteiger partial charge in [0.2, 0.25) is 0 Å². The van der Waals surface area contributed by atoms with Crippen LogP contribution in [0.5, 0.6) is 5.75 Å². The number of H-pyrrole nitrogens is 1. The Kier molecular flexibility index (Phi) is 3.74. The number of imidazole rings is 1. The Balaban J connectivity index is 2.03. The zero-order valence-corrected chi connectivity index (χ0v) is 12.9. The van der Waals surface area contributed by atoms with Gasteiger partial charge in [-0.3, -0.25) is 4.68 Å². The van der Waals surface area contributed by atoms with Crippen molar-refractivity contribution in [1.82, 2.24) is 24.3 Å². The zero-order chi connectivity index (χ0) is 14.8. The first-order chi connectivity index (χ1) is 10.2. The minimum Gasteiger partial charge on any atom is -0.491 e. The number of nitrogens with zero attached hydrogens (tertiary/aromatic N) is 4. The van der Waals surface area contributed by atoms with Gasteiger partial charge in [-0.25, -0.2) is 4.98 Å². The Labute approximate surface area is 127 Å². The molecule has 0 amide bonds. The molecule has 21 heavy (non-hydrogen) atoms. The van der Waals surface area contributed by atoms with Gasteiger partial charge in [0.05, 0.1) is 18.7 Å². The molecule has 7 heteroatoms. The lowest BCUT2D eigenvalue weighted by atomic mass is 10.3. The van der Waals surface area contributed by atoms with Crippen LogP contribution >= 0.6 is 12.2 Å². The van der Waals surface area contributed by atoms with Crippen LogP contribution in [0.2, 0.25) is 0 Å². The first-order valence-electron chi connectivity index (χ1n) is 6.88. The smallest absolute Gasteiger partial charge is 0.178 e. The molecule has 0 unspecified atom stereocenters. The number of fused-ring (bicyclic) bond motifs is 1. The van der Waals surface area contributed by atoms with Crippen LogP contribution in [0.25, 0.3) is 11.0 Å². The highest BCUT2D eigenvalue weighted by Crippen LogP contribution is 2.25. The topological polar surface area (TPSA) is 60.7 Å². The SMILES string of the molecule is CCCOc1cccc2c1[nH]c(=S)n2Cc1ncn(C)n1. The van der Waals surface area contributed by atoms with E-state index in [-0.39, 0.29) is 0 Å². The Morgan fingerprint density at radius 1 is 1.38 bits per heavy atom. The number of ether oxygens (including phenoxy) is 1. The average Bonchev–Trinajstić information content (AvgIpc) is 3.02. The molecule has 110 valence electrons. The normalized spacial score (nSPS) is 11.1. The summed E-state index contributed by atoms with van der Waals surface area (Å²) in [6.45, 7) is 3.31. The second-order valence-electron chi connectivity index (χ2n) is 4.85. The van der Waals surface area contributed by atoms with E-state index in [1.54, 1.807) is 11.0 Å². The number of aromatic nitrogens is 5. The first kappa shape index (κ1) is 13.8.